The molecule has 0 saturated carbocycles. The Morgan fingerprint density at radius 1 is 1.22 bits per heavy atom. The highest BCUT2D eigenvalue weighted by atomic mass is 31.0. The SMILES string of the molecule is C/C=C\C(P)=C/CC=CC(OCCCCC)c1ccc(C)cc1. The zero-order valence-corrected chi connectivity index (χ0v) is 15.9. The van der Waals surface area contributed by atoms with Crippen molar-refractivity contribution in [2.24, 2.45) is 0 Å². The molecule has 0 heterocycles. The number of hydrogen-bond donors (Lipinski definition) is 0. The van der Waals surface area contributed by atoms with E-state index in [1.54, 1.807) is 0 Å². The van der Waals surface area contributed by atoms with Gasteiger partial charge in [-0.15, -0.1) is 9.24 Å². The number of hydrogen-bond acceptors (Lipinski definition) is 1. The molecule has 0 spiro atoms. The van der Waals surface area contributed by atoms with Gasteiger partial charge in [0.25, 0.3) is 0 Å². The molecule has 2 atom stereocenters. The summed E-state index contributed by atoms with van der Waals surface area (Å²) < 4.78 is 6.10. The second-order valence-corrected chi connectivity index (χ2v) is 6.44. The lowest BCUT2D eigenvalue weighted by molar-refractivity contribution is 0.0820. The van der Waals surface area contributed by atoms with Gasteiger partial charge in [0.1, 0.15) is 6.10 Å². The smallest absolute Gasteiger partial charge is 0.101 e. The Morgan fingerprint density at radius 3 is 2.61 bits per heavy atom. The largest absolute Gasteiger partial charge is 0.369 e. The normalized spacial score (nSPS) is 14.0. The van der Waals surface area contributed by atoms with Gasteiger partial charge in [-0.2, -0.15) is 0 Å². The average molecular weight is 330 g/mol. The lowest BCUT2D eigenvalue weighted by Crippen LogP contribution is -2.03. The molecule has 1 aromatic rings. The van der Waals surface area contributed by atoms with E-state index >= 15 is 0 Å². The van der Waals surface area contributed by atoms with Gasteiger partial charge in [0.2, 0.25) is 0 Å². The lowest BCUT2D eigenvalue weighted by Gasteiger charge is -2.15. The van der Waals surface area contributed by atoms with Crippen molar-refractivity contribution in [1.82, 2.24) is 0 Å². The van der Waals surface area contributed by atoms with E-state index < -0.39 is 0 Å². The zero-order valence-electron chi connectivity index (χ0n) is 14.8. The van der Waals surface area contributed by atoms with Gasteiger partial charge >= 0.3 is 0 Å². The first-order valence-corrected chi connectivity index (χ1v) is 9.18. The molecule has 0 bridgehead atoms. The van der Waals surface area contributed by atoms with Crippen molar-refractivity contribution in [3.63, 3.8) is 0 Å². The molecule has 0 aliphatic rings. The van der Waals surface area contributed by atoms with Gasteiger partial charge in [-0.3, -0.25) is 0 Å². The minimum Gasteiger partial charge on any atom is -0.369 e. The summed E-state index contributed by atoms with van der Waals surface area (Å²) in [7, 11) is 2.75. The van der Waals surface area contributed by atoms with Gasteiger partial charge < -0.3 is 4.74 Å². The molecule has 1 nitrogen and oxygen atoms in total. The second-order valence-electron chi connectivity index (χ2n) is 5.78. The maximum Gasteiger partial charge on any atom is 0.101 e. The van der Waals surface area contributed by atoms with Gasteiger partial charge in [-0.25, -0.2) is 0 Å². The third kappa shape index (κ3) is 8.89. The molecule has 0 saturated heterocycles. The fourth-order valence-electron chi connectivity index (χ4n) is 2.25. The quantitative estimate of drug-likeness (QED) is 0.205. The molecule has 1 aromatic carbocycles. The third-order valence-corrected chi connectivity index (χ3v) is 4.04. The van der Waals surface area contributed by atoms with Crippen molar-refractivity contribution in [3.05, 3.63) is 71.1 Å². The highest BCUT2D eigenvalue weighted by Gasteiger charge is 2.07. The Bertz CT molecular complexity index is 511. The maximum absolute atomic E-state index is 6.10. The minimum absolute atomic E-state index is 0.0514. The maximum atomic E-state index is 6.10. The molecule has 126 valence electrons. The number of aryl methyl sites for hydroxylation is 1. The molecule has 2 heteroatoms. The first-order chi connectivity index (χ1) is 11.2. The van der Waals surface area contributed by atoms with E-state index in [-0.39, 0.29) is 6.10 Å². The van der Waals surface area contributed by atoms with Crippen LogP contribution >= 0.6 is 9.24 Å². The summed E-state index contributed by atoms with van der Waals surface area (Å²) >= 11 is 0. The molecule has 0 aliphatic heterocycles. The van der Waals surface area contributed by atoms with Crippen LogP contribution in [0, 0.1) is 6.92 Å². The van der Waals surface area contributed by atoms with Crippen LogP contribution in [0.3, 0.4) is 0 Å². The summed E-state index contributed by atoms with van der Waals surface area (Å²) in [6.45, 7) is 7.18. The van der Waals surface area contributed by atoms with Crippen LogP contribution in [0.25, 0.3) is 0 Å². The van der Waals surface area contributed by atoms with E-state index in [0.717, 1.165) is 19.4 Å². The molecule has 0 amide bonds. The Morgan fingerprint density at radius 2 is 1.96 bits per heavy atom. The van der Waals surface area contributed by atoms with Crippen molar-refractivity contribution in [3.8, 4) is 0 Å². The van der Waals surface area contributed by atoms with Crippen molar-refractivity contribution < 1.29 is 4.74 Å². The second kappa shape index (κ2) is 12.3. The molecular formula is C21H31OP. The Balaban J connectivity index is 2.66. The first kappa shape index (κ1) is 19.9. The van der Waals surface area contributed by atoms with Gasteiger partial charge in [0.05, 0.1) is 0 Å². The summed E-state index contributed by atoms with van der Waals surface area (Å²) in [4.78, 5) is 0. The Hall–Kier alpha value is -1.17. The molecule has 0 aromatic heterocycles. The summed E-state index contributed by atoms with van der Waals surface area (Å²) in [5, 5.41) is 1.22. The zero-order chi connectivity index (χ0) is 16.9. The average Bonchev–Trinajstić information content (AvgIpc) is 2.54. The van der Waals surface area contributed by atoms with Crippen LogP contribution in [0.5, 0.6) is 0 Å². The Labute approximate surface area is 144 Å². The predicted octanol–water partition coefficient (Wildman–Crippen LogP) is 6.52. The van der Waals surface area contributed by atoms with E-state index in [2.05, 4.69) is 77.7 Å². The molecule has 0 fully saturated rings. The Kier molecular flexibility index (Phi) is 10.6. The summed E-state index contributed by atoms with van der Waals surface area (Å²) in [6, 6.07) is 8.64. The van der Waals surface area contributed by atoms with Crippen molar-refractivity contribution in [2.45, 2.75) is 52.6 Å². The van der Waals surface area contributed by atoms with Gasteiger partial charge in [-0.05, 0) is 37.6 Å². The third-order valence-electron chi connectivity index (χ3n) is 3.61. The van der Waals surface area contributed by atoms with Gasteiger partial charge in [0, 0.05) is 6.61 Å². The molecule has 2 unspecified atom stereocenters. The summed E-state index contributed by atoms with van der Waals surface area (Å²) in [6.07, 6.45) is 15.3. The van der Waals surface area contributed by atoms with Crippen molar-refractivity contribution in [1.29, 1.82) is 0 Å². The van der Waals surface area contributed by atoms with Crippen LogP contribution in [-0.2, 0) is 4.74 Å². The first-order valence-electron chi connectivity index (χ1n) is 8.60. The van der Waals surface area contributed by atoms with E-state index in [0.29, 0.717) is 0 Å². The molecule has 0 N–H and O–H groups in total. The molecule has 1 rings (SSSR count). The standard InChI is InChI=1S/C21H31OP/c1-4-6-9-17-22-21(19-15-13-18(3)14-16-19)12-8-7-11-20(23)10-5-2/h5,8,10-16,21H,4,6-7,9,17,23H2,1-3H3/b10-5-,12-8?,20-11+. The summed E-state index contributed by atoms with van der Waals surface area (Å²) in [5.74, 6) is 0. The fraction of sp³-hybridized carbons (Fsp3) is 0.429. The topological polar surface area (TPSA) is 9.23 Å². The van der Waals surface area contributed by atoms with Crippen LogP contribution in [0.4, 0.5) is 0 Å². The van der Waals surface area contributed by atoms with Crippen LogP contribution < -0.4 is 0 Å². The van der Waals surface area contributed by atoms with Gasteiger partial charge in [0.15, 0.2) is 0 Å². The van der Waals surface area contributed by atoms with E-state index in [9.17, 15) is 0 Å². The molecule has 23 heavy (non-hydrogen) atoms. The fourth-order valence-corrected chi connectivity index (χ4v) is 2.58. The number of rotatable bonds is 10. The predicted molar refractivity (Wildman–Crippen MR) is 106 cm³/mol. The molecule has 0 radical (unpaired) electrons. The minimum atomic E-state index is 0.0514. The van der Waals surface area contributed by atoms with Crippen LogP contribution in [0.2, 0.25) is 0 Å². The molecular weight excluding hydrogens is 299 g/mol. The van der Waals surface area contributed by atoms with E-state index in [1.807, 2.05) is 6.92 Å². The van der Waals surface area contributed by atoms with E-state index in [1.165, 1.54) is 29.3 Å². The summed E-state index contributed by atoms with van der Waals surface area (Å²) in [5.41, 5.74) is 2.51. The van der Waals surface area contributed by atoms with Crippen molar-refractivity contribution in [2.75, 3.05) is 6.61 Å². The van der Waals surface area contributed by atoms with Crippen LogP contribution in [-0.4, -0.2) is 6.61 Å². The number of unbranched alkanes of at least 4 members (excludes halogenated alkanes) is 2. The highest BCUT2D eigenvalue weighted by molar-refractivity contribution is 7.22. The lowest BCUT2D eigenvalue weighted by atomic mass is 10.1. The number of allylic oxidation sites excluding steroid dienone is 5. The van der Waals surface area contributed by atoms with Crippen LogP contribution in [0.1, 0.15) is 56.8 Å². The number of ether oxygens (including phenoxy) is 1. The molecule has 0 aliphatic carbocycles. The highest BCUT2D eigenvalue weighted by Crippen LogP contribution is 2.21. The van der Waals surface area contributed by atoms with Crippen LogP contribution in [0.15, 0.2) is 60.0 Å². The van der Waals surface area contributed by atoms with E-state index in [4.69, 9.17) is 4.74 Å². The van der Waals surface area contributed by atoms with Gasteiger partial charge in [-0.1, -0.05) is 80.0 Å². The monoisotopic (exact) mass is 330 g/mol. The van der Waals surface area contributed by atoms with Crippen molar-refractivity contribution >= 4 is 9.24 Å². The number of benzene rings is 1.